The van der Waals surface area contributed by atoms with E-state index < -0.39 is 41.7 Å². The van der Waals surface area contributed by atoms with E-state index in [9.17, 15) is 27.2 Å². The Balaban J connectivity index is 1.88. The molecule has 2 aromatic rings. The van der Waals surface area contributed by atoms with Gasteiger partial charge in [-0.2, -0.15) is 0 Å². The molecule has 1 aliphatic rings. The highest BCUT2D eigenvalue weighted by atomic mass is 32.1. The number of likely N-dealkylation sites (tertiary alicyclic amines) is 1. The number of thiophene rings is 1. The second-order valence-corrected chi connectivity index (χ2v) is 6.92. The molecule has 4 nitrogen and oxygen atoms in total. The Hall–Kier alpha value is -2.42. The molecule has 0 unspecified atom stereocenters. The zero-order chi connectivity index (χ0) is 19.0. The number of carbonyl (C=O) groups excluding carboxylic acids is 2. The number of anilines is 1. The molecule has 3 rings (SSSR count). The van der Waals surface area contributed by atoms with Crippen molar-refractivity contribution in [3.63, 3.8) is 0 Å². The fourth-order valence-electron chi connectivity index (χ4n) is 2.94. The van der Waals surface area contributed by atoms with Crippen LogP contribution in [0.25, 0.3) is 0 Å². The van der Waals surface area contributed by atoms with Gasteiger partial charge in [0.1, 0.15) is 5.92 Å². The third kappa shape index (κ3) is 3.31. The lowest BCUT2D eigenvalue weighted by Crippen LogP contribution is -2.32. The predicted octanol–water partition coefficient (Wildman–Crippen LogP) is 3.77. The van der Waals surface area contributed by atoms with Crippen LogP contribution in [0.3, 0.4) is 0 Å². The van der Waals surface area contributed by atoms with Gasteiger partial charge in [-0.1, -0.05) is 6.07 Å². The second-order valence-electron chi connectivity index (χ2n) is 5.98. The predicted molar refractivity (Wildman–Crippen MR) is 88.1 cm³/mol. The van der Waals surface area contributed by atoms with E-state index in [0.717, 1.165) is 17.4 Å². The summed E-state index contributed by atoms with van der Waals surface area (Å²) >= 11 is 1.04. The van der Waals surface area contributed by atoms with Gasteiger partial charge in [-0.25, -0.2) is 17.6 Å². The number of benzene rings is 1. The quantitative estimate of drug-likeness (QED) is 0.642. The summed E-state index contributed by atoms with van der Waals surface area (Å²) in [5, 5.41) is 3.51. The van der Waals surface area contributed by atoms with E-state index in [0.29, 0.717) is 4.88 Å². The summed E-state index contributed by atoms with van der Waals surface area (Å²) in [6.45, 7) is 0.172. The number of carbonyl (C=O) groups is 2. The van der Waals surface area contributed by atoms with E-state index in [1.807, 2.05) is 0 Å². The number of amides is 2. The van der Waals surface area contributed by atoms with Gasteiger partial charge in [-0.15, -0.1) is 11.3 Å². The number of hydrogen-bond acceptors (Lipinski definition) is 3. The molecule has 0 spiro atoms. The molecule has 2 heterocycles. The van der Waals surface area contributed by atoms with Gasteiger partial charge in [-0.05, 0) is 23.6 Å². The summed E-state index contributed by atoms with van der Waals surface area (Å²) in [4.78, 5) is 26.7. The Labute approximate surface area is 150 Å². The molecular formula is C17H14F4N2O2S. The van der Waals surface area contributed by atoms with Crippen LogP contribution in [0.1, 0.15) is 22.8 Å². The summed E-state index contributed by atoms with van der Waals surface area (Å²) < 4.78 is 52.7. The topological polar surface area (TPSA) is 49.4 Å². The number of nitrogens with one attached hydrogen (secondary N) is 1. The van der Waals surface area contributed by atoms with Crippen LogP contribution in [0.5, 0.6) is 0 Å². The summed E-state index contributed by atoms with van der Waals surface area (Å²) in [6.07, 6.45) is -2.65. The van der Waals surface area contributed by atoms with E-state index in [1.165, 1.54) is 35.5 Å². The Kier molecular flexibility index (Phi) is 4.99. The molecule has 26 heavy (non-hydrogen) atoms. The fourth-order valence-corrected chi connectivity index (χ4v) is 3.97. The molecular weight excluding hydrogens is 372 g/mol. The summed E-state index contributed by atoms with van der Waals surface area (Å²) in [5.74, 6) is -5.51. The molecule has 2 amide bonds. The Bertz CT molecular complexity index is 855. The zero-order valence-corrected chi connectivity index (χ0v) is 14.3. The molecule has 1 fully saturated rings. The average molecular weight is 386 g/mol. The van der Waals surface area contributed by atoms with Gasteiger partial charge in [-0.3, -0.25) is 9.59 Å². The van der Waals surface area contributed by atoms with Crippen LogP contribution in [-0.2, 0) is 9.59 Å². The molecule has 0 aliphatic carbocycles. The van der Waals surface area contributed by atoms with Crippen LogP contribution in [0.2, 0.25) is 0 Å². The minimum absolute atomic E-state index is 0.172. The molecule has 0 bridgehead atoms. The lowest BCUT2D eigenvalue weighted by Gasteiger charge is -2.15. The molecule has 0 radical (unpaired) electrons. The van der Waals surface area contributed by atoms with Gasteiger partial charge < -0.3 is 10.2 Å². The van der Waals surface area contributed by atoms with Crippen LogP contribution in [0, 0.1) is 17.6 Å². The Morgan fingerprint density at radius 3 is 2.73 bits per heavy atom. The van der Waals surface area contributed by atoms with Crippen molar-refractivity contribution in [2.45, 2.75) is 12.3 Å². The lowest BCUT2D eigenvalue weighted by atomic mass is 9.92. The van der Waals surface area contributed by atoms with Crippen molar-refractivity contribution in [2.75, 3.05) is 18.9 Å². The van der Waals surface area contributed by atoms with Crippen LogP contribution in [0.4, 0.5) is 23.2 Å². The number of likely N-dealkylation sites (N-methyl/N-ethyl adjacent to an activating group) is 1. The number of nitrogens with zero attached hydrogens (tertiary/aromatic N) is 1. The van der Waals surface area contributed by atoms with Crippen molar-refractivity contribution in [3.05, 3.63) is 51.7 Å². The monoisotopic (exact) mass is 386 g/mol. The highest BCUT2D eigenvalue weighted by molar-refractivity contribution is 7.10. The van der Waals surface area contributed by atoms with Crippen molar-refractivity contribution in [1.29, 1.82) is 0 Å². The van der Waals surface area contributed by atoms with E-state index in [1.54, 1.807) is 0 Å². The van der Waals surface area contributed by atoms with E-state index in [4.69, 9.17) is 0 Å². The van der Waals surface area contributed by atoms with Gasteiger partial charge in [0.25, 0.3) is 6.43 Å². The van der Waals surface area contributed by atoms with Crippen molar-refractivity contribution < 1.29 is 27.2 Å². The fraction of sp³-hybridized carbons (Fsp3) is 0.294. The van der Waals surface area contributed by atoms with Gasteiger partial charge >= 0.3 is 0 Å². The molecule has 1 saturated heterocycles. The maximum Gasteiger partial charge on any atom is 0.264 e. The number of halogens is 4. The van der Waals surface area contributed by atoms with Crippen LogP contribution < -0.4 is 5.32 Å². The summed E-state index contributed by atoms with van der Waals surface area (Å²) in [7, 11) is 1.49. The van der Waals surface area contributed by atoms with Crippen molar-refractivity contribution in [3.8, 4) is 0 Å². The molecule has 1 aliphatic heterocycles. The highest BCUT2D eigenvalue weighted by Gasteiger charge is 2.45. The van der Waals surface area contributed by atoms with Crippen molar-refractivity contribution >= 4 is 28.8 Å². The smallest absolute Gasteiger partial charge is 0.264 e. The molecule has 138 valence electrons. The first-order chi connectivity index (χ1) is 12.3. The van der Waals surface area contributed by atoms with Gasteiger partial charge in [0.2, 0.25) is 11.8 Å². The number of alkyl halides is 2. The summed E-state index contributed by atoms with van der Waals surface area (Å²) in [5.41, 5.74) is -0.558. The first-order valence-electron chi connectivity index (χ1n) is 7.66. The standard InChI is InChI=1S/C17H14F4N2O2S/c1-23-6-9(12-5-8(7-26-12)15(20)21)13(17(23)25)16(24)22-11-4-2-3-10(18)14(11)19/h2-5,7,9,13,15H,6H2,1H3,(H,22,24)/t9-,13+/m1/s1. The van der Waals surface area contributed by atoms with Crippen LogP contribution >= 0.6 is 11.3 Å². The normalized spacial score (nSPS) is 20.1. The molecule has 1 aromatic heterocycles. The van der Waals surface area contributed by atoms with Gasteiger partial charge in [0.05, 0.1) is 5.69 Å². The molecule has 1 aromatic carbocycles. The SMILES string of the molecule is CN1C[C@H](c2cc(C(F)F)cs2)[C@@H](C(=O)Nc2cccc(F)c2F)C1=O. The molecule has 2 atom stereocenters. The highest BCUT2D eigenvalue weighted by Crippen LogP contribution is 2.38. The first kappa shape index (κ1) is 18.4. The minimum Gasteiger partial charge on any atom is -0.344 e. The Morgan fingerprint density at radius 2 is 2.08 bits per heavy atom. The summed E-state index contributed by atoms with van der Waals surface area (Å²) in [6, 6.07) is 4.58. The third-order valence-corrected chi connectivity index (χ3v) is 5.35. The molecule has 1 N–H and O–H groups in total. The van der Waals surface area contributed by atoms with E-state index in [-0.39, 0.29) is 17.8 Å². The largest absolute Gasteiger partial charge is 0.344 e. The number of hydrogen-bond donors (Lipinski definition) is 1. The second kappa shape index (κ2) is 7.06. The first-order valence-corrected chi connectivity index (χ1v) is 8.54. The van der Waals surface area contributed by atoms with Crippen molar-refractivity contribution in [1.82, 2.24) is 4.90 Å². The maximum atomic E-state index is 13.8. The van der Waals surface area contributed by atoms with Gasteiger partial charge in [0, 0.05) is 30.0 Å². The number of rotatable bonds is 4. The molecule has 9 heteroatoms. The Morgan fingerprint density at radius 1 is 1.35 bits per heavy atom. The van der Waals surface area contributed by atoms with Crippen LogP contribution in [-0.4, -0.2) is 30.3 Å². The van der Waals surface area contributed by atoms with E-state index in [2.05, 4.69) is 5.32 Å². The van der Waals surface area contributed by atoms with E-state index >= 15 is 0 Å². The van der Waals surface area contributed by atoms with Crippen molar-refractivity contribution in [2.24, 2.45) is 5.92 Å². The minimum atomic E-state index is -2.65. The maximum absolute atomic E-state index is 13.8. The lowest BCUT2D eigenvalue weighted by molar-refractivity contribution is -0.135. The third-order valence-electron chi connectivity index (χ3n) is 4.26. The van der Waals surface area contributed by atoms with Crippen LogP contribution in [0.15, 0.2) is 29.6 Å². The zero-order valence-electron chi connectivity index (χ0n) is 13.5. The average Bonchev–Trinajstić information content (AvgIpc) is 3.18. The van der Waals surface area contributed by atoms with Gasteiger partial charge in [0.15, 0.2) is 11.6 Å². The molecule has 0 saturated carbocycles.